The molecule has 0 atom stereocenters. The Labute approximate surface area is 167 Å². The van der Waals surface area contributed by atoms with Crippen LogP contribution in [0.3, 0.4) is 0 Å². The van der Waals surface area contributed by atoms with Crippen LogP contribution < -0.4 is 10.6 Å². The Balaban J connectivity index is 1.79. The fourth-order valence-electron chi connectivity index (χ4n) is 3.13. The van der Waals surface area contributed by atoms with Crippen molar-refractivity contribution in [3.8, 4) is 21.0 Å². The van der Waals surface area contributed by atoms with Gasteiger partial charge in [-0.25, -0.2) is 4.98 Å². The van der Waals surface area contributed by atoms with E-state index in [4.69, 9.17) is 0 Å². The van der Waals surface area contributed by atoms with Gasteiger partial charge >= 0.3 is 0 Å². The third kappa shape index (κ3) is 2.76. The number of carbonyl (C=O) groups is 1. The number of pyridine rings is 1. The molecule has 4 aromatic rings. The number of carbonyl (C=O) groups excluding carboxylic acids is 1. The summed E-state index contributed by atoms with van der Waals surface area (Å²) in [4.78, 5) is 38.9. The lowest BCUT2D eigenvalue weighted by Crippen LogP contribution is -2.25. The summed E-state index contributed by atoms with van der Waals surface area (Å²) in [6, 6.07) is 9.74. The molecule has 0 bridgehead atoms. The lowest BCUT2D eigenvalue weighted by atomic mass is 10.1. The Morgan fingerprint density at radius 1 is 1.07 bits per heavy atom. The van der Waals surface area contributed by atoms with E-state index in [1.54, 1.807) is 29.6 Å². The van der Waals surface area contributed by atoms with E-state index < -0.39 is 0 Å². The molecule has 4 aromatic heterocycles. The zero-order valence-electron chi connectivity index (χ0n) is 14.7. The number of thiophene rings is 2. The monoisotopic (exact) mass is 407 g/mol. The van der Waals surface area contributed by atoms with Gasteiger partial charge in [0.1, 0.15) is 0 Å². The van der Waals surface area contributed by atoms with E-state index >= 15 is 0 Å². The van der Waals surface area contributed by atoms with Crippen molar-refractivity contribution in [1.82, 2.24) is 15.0 Å². The molecule has 0 spiro atoms. The number of aromatic nitrogens is 3. The predicted molar refractivity (Wildman–Crippen MR) is 112 cm³/mol. The Kier molecular flexibility index (Phi) is 3.92. The molecular formula is C19H13N5O2S2. The molecule has 9 heteroatoms. The molecule has 138 valence electrons. The van der Waals surface area contributed by atoms with Crippen LogP contribution >= 0.6 is 22.7 Å². The maximum absolute atomic E-state index is 12.9. The Hall–Kier alpha value is -3.17. The first-order valence-corrected chi connectivity index (χ1v) is 10.3. The van der Waals surface area contributed by atoms with Gasteiger partial charge in [-0.05, 0) is 35.9 Å². The summed E-state index contributed by atoms with van der Waals surface area (Å²) in [5.74, 6) is -0.139. The maximum Gasteiger partial charge on any atom is 0.262 e. The average molecular weight is 407 g/mol. The van der Waals surface area contributed by atoms with Crippen LogP contribution in [0.25, 0.3) is 32.0 Å². The molecule has 0 saturated heterocycles. The topological polar surface area (TPSA) is 91.3 Å². The van der Waals surface area contributed by atoms with E-state index in [-0.39, 0.29) is 23.8 Å². The molecule has 1 amide bonds. The van der Waals surface area contributed by atoms with Crippen molar-refractivity contribution in [1.29, 1.82) is 0 Å². The first kappa shape index (κ1) is 17.0. The van der Waals surface area contributed by atoms with Gasteiger partial charge in [0.2, 0.25) is 5.95 Å². The second kappa shape index (κ2) is 6.47. The van der Waals surface area contributed by atoms with Crippen molar-refractivity contribution in [2.75, 3.05) is 5.01 Å². The number of hydrogen-bond donors (Lipinski definition) is 1. The normalized spacial score (nSPS) is 14.1. The lowest BCUT2D eigenvalue weighted by Gasteiger charge is -2.12. The molecule has 0 saturated carbocycles. The van der Waals surface area contributed by atoms with Gasteiger partial charge in [0.05, 0.1) is 22.4 Å². The highest BCUT2D eigenvalue weighted by Gasteiger charge is 2.26. The SMILES string of the molecule is CC1=NN(c2nc3nc(-c4cccs4)cc(-c4cccs4)c3c(=O)[nH]2)C(=O)C1. The summed E-state index contributed by atoms with van der Waals surface area (Å²) < 4.78 is 0. The fourth-order valence-corrected chi connectivity index (χ4v) is 4.56. The lowest BCUT2D eigenvalue weighted by molar-refractivity contribution is -0.117. The molecule has 0 fully saturated rings. The van der Waals surface area contributed by atoms with E-state index in [1.165, 1.54) is 0 Å². The predicted octanol–water partition coefficient (Wildman–Crippen LogP) is 3.89. The van der Waals surface area contributed by atoms with Crippen LogP contribution in [-0.4, -0.2) is 26.6 Å². The van der Waals surface area contributed by atoms with Gasteiger partial charge in [-0.1, -0.05) is 12.1 Å². The minimum absolute atomic E-state index is 0.0901. The number of amides is 1. The highest BCUT2D eigenvalue weighted by atomic mass is 32.1. The highest BCUT2D eigenvalue weighted by molar-refractivity contribution is 7.14. The second-order valence-electron chi connectivity index (χ2n) is 6.32. The Morgan fingerprint density at radius 2 is 1.82 bits per heavy atom. The van der Waals surface area contributed by atoms with E-state index in [2.05, 4.69) is 20.1 Å². The Bertz CT molecular complexity index is 1290. The van der Waals surface area contributed by atoms with Crippen LogP contribution in [0.15, 0.2) is 51.0 Å². The van der Waals surface area contributed by atoms with Crippen molar-refractivity contribution in [2.45, 2.75) is 13.3 Å². The summed E-state index contributed by atoms with van der Waals surface area (Å²) in [6.07, 6.45) is 0.213. The zero-order valence-corrected chi connectivity index (χ0v) is 16.3. The number of hydrazone groups is 1. The molecule has 1 aliphatic rings. The summed E-state index contributed by atoms with van der Waals surface area (Å²) in [7, 11) is 0. The number of nitrogens with one attached hydrogen (secondary N) is 1. The third-order valence-corrected chi connectivity index (χ3v) is 6.13. The van der Waals surface area contributed by atoms with Crippen LogP contribution in [-0.2, 0) is 4.79 Å². The third-order valence-electron chi connectivity index (χ3n) is 4.34. The Morgan fingerprint density at radius 3 is 2.46 bits per heavy atom. The van der Waals surface area contributed by atoms with Crippen molar-refractivity contribution in [2.24, 2.45) is 5.10 Å². The summed E-state index contributed by atoms with van der Waals surface area (Å²) in [5.41, 5.74) is 2.13. The van der Waals surface area contributed by atoms with Gasteiger partial charge in [0.15, 0.2) is 5.65 Å². The van der Waals surface area contributed by atoms with Crippen molar-refractivity contribution >= 4 is 51.3 Å². The first-order chi connectivity index (χ1) is 13.6. The zero-order chi connectivity index (χ0) is 19.3. The largest absolute Gasteiger partial charge is 0.290 e. The van der Waals surface area contributed by atoms with Crippen LogP contribution in [0.5, 0.6) is 0 Å². The molecule has 5 rings (SSSR count). The van der Waals surface area contributed by atoms with E-state index in [0.29, 0.717) is 16.7 Å². The summed E-state index contributed by atoms with van der Waals surface area (Å²) in [6.45, 7) is 1.76. The molecule has 28 heavy (non-hydrogen) atoms. The molecule has 1 aliphatic heterocycles. The molecular weight excluding hydrogens is 394 g/mol. The maximum atomic E-state index is 12.9. The fraction of sp³-hybridized carbons (Fsp3) is 0.105. The van der Waals surface area contributed by atoms with E-state index in [9.17, 15) is 9.59 Å². The van der Waals surface area contributed by atoms with Crippen LogP contribution in [0.4, 0.5) is 5.95 Å². The smallest absolute Gasteiger partial charge is 0.262 e. The molecule has 1 N–H and O–H groups in total. The number of hydrogen-bond acceptors (Lipinski definition) is 7. The van der Waals surface area contributed by atoms with E-state index in [0.717, 1.165) is 26.0 Å². The van der Waals surface area contributed by atoms with Crippen LogP contribution in [0, 0.1) is 0 Å². The van der Waals surface area contributed by atoms with Crippen LogP contribution in [0.2, 0.25) is 0 Å². The number of fused-ring (bicyclic) bond motifs is 1. The quantitative estimate of drug-likeness (QED) is 0.558. The van der Waals surface area contributed by atoms with Crippen molar-refractivity contribution < 1.29 is 4.79 Å². The van der Waals surface area contributed by atoms with Gasteiger partial charge < -0.3 is 0 Å². The van der Waals surface area contributed by atoms with Gasteiger partial charge in [-0.3, -0.25) is 14.6 Å². The molecule has 0 unspecified atom stereocenters. The van der Waals surface area contributed by atoms with Crippen molar-refractivity contribution in [3.63, 3.8) is 0 Å². The van der Waals surface area contributed by atoms with Gasteiger partial charge in [0.25, 0.3) is 11.5 Å². The summed E-state index contributed by atoms with van der Waals surface area (Å²) in [5, 5.41) is 9.65. The summed E-state index contributed by atoms with van der Waals surface area (Å²) >= 11 is 3.11. The number of aromatic amines is 1. The molecule has 0 radical (unpaired) electrons. The number of nitrogens with zero attached hydrogens (tertiary/aromatic N) is 4. The van der Waals surface area contributed by atoms with E-state index in [1.807, 2.05) is 41.1 Å². The number of rotatable bonds is 3. The number of H-pyrrole nitrogens is 1. The molecule has 0 aromatic carbocycles. The molecule has 0 aliphatic carbocycles. The first-order valence-electron chi connectivity index (χ1n) is 8.50. The van der Waals surface area contributed by atoms with Gasteiger partial charge in [-0.15, -0.1) is 22.7 Å². The minimum Gasteiger partial charge on any atom is -0.290 e. The number of anilines is 1. The highest BCUT2D eigenvalue weighted by Crippen LogP contribution is 2.34. The average Bonchev–Trinajstić information content (AvgIpc) is 3.43. The van der Waals surface area contributed by atoms with Crippen LogP contribution in [0.1, 0.15) is 13.3 Å². The standard InChI is InChI=1S/C19H13N5O2S2/c1-10-8-15(25)24(23-10)19-21-17-16(18(26)22-19)11(13-4-2-6-27-13)9-12(20-17)14-5-3-7-28-14/h2-7,9H,8H2,1H3,(H,20,21,22,26). The molecule has 5 heterocycles. The molecule has 7 nitrogen and oxygen atoms in total. The van der Waals surface area contributed by atoms with Gasteiger partial charge in [0, 0.05) is 16.2 Å². The minimum atomic E-state index is -0.346. The van der Waals surface area contributed by atoms with Crippen molar-refractivity contribution in [3.05, 3.63) is 51.4 Å². The van der Waals surface area contributed by atoms with Gasteiger partial charge in [-0.2, -0.15) is 15.1 Å². The second-order valence-corrected chi connectivity index (χ2v) is 8.21.